The summed E-state index contributed by atoms with van der Waals surface area (Å²) in [6.45, 7) is 3.81. The average molecular weight is 301 g/mol. The van der Waals surface area contributed by atoms with Gasteiger partial charge >= 0.3 is 0 Å². The second kappa shape index (κ2) is 5.69. The molecule has 1 saturated heterocycles. The van der Waals surface area contributed by atoms with E-state index >= 15 is 0 Å². The van der Waals surface area contributed by atoms with E-state index in [-0.39, 0.29) is 12.2 Å². The number of methoxy groups -OCH3 is 1. The Morgan fingerprint density at radius 2 is 2.35 bits per heavy atom. The Balaban J connectivity index is 2.14. The maximum atomic E-state index is 5.80. The fourth-order valence-electron chi connectivity index (χ4n) is 2.01. The van der Waals surface area contributed by atoms with Gasteiger partial charge in [-0.25, -0.2) is 0 Å². The second-order valence-corrected chi connectivity index (χ2v) is 4.81. The van der Waals surface area contributed by atoms with E-state index in [9.17, 15) is 0 Å². The highest BCUT2D eigenvalue weighted by molar-refractivity contribution is 9.09. The first-order valence-corrected chi connectivity index (χ1v) is 6.82. The lowest BCUT2D eigenvalue weighted by Crippen LogP contribution is -2.47. The van der Waals surface area contributed by atoms with Crippen molar-refractivity contribution in [1.82, 2.24) is 4.98 Å². The van der Waals surface area contributed by atoms with E-state index in [0.717, 1.165) is 24.2 Å². The maximum Gasteiger partial charge on any atom is 0.214 e. The molecule has 0 aliphatic carbocycles. The van der Waals surface area contributed by atoms with Crippen LogP contribution in [0.3, 0.4) is 0 Å². The van der Waals surface area contributed by atoms with Crippen molar-refractivity contribution in [1.29, 1.82) is 0 Å². The van der Waals surface area contributed by atoms with Crippen molar-refractivity contribution in [3.63, 3.8) is 0 Å². The Morgan fingerprint density at radius 3 is 3.06 bits per heavy atom. The van der Waals surface area contributed by atoms with Crippen LogP contribution in [0.25, 0.3) is 0 Å². The summed E-state index contributed by atoms with van der Waals surface area (Å²) in [6, 6.07) is 5.83. The van der Waals surface area contributed by atoms with Crippen LogP contribution in [-0.2, 0) is 4.74 Å². The molecule has 0 radical (unpaired) electrons. The molecule has 4 nitrogen and oxygen atoms in total. The molecular weight excluding hydrogens is 284 g/mol. The lowest BCUT2D eigenvalue weighted by Gasteiger charge is -2.36. The summed E-state index contributed by atoms with van der Waals surface area (Å²) < 4.78 is 10.9. The van der Waals surface area contributed by atoms with Crippen molar-refractivity contribution in [3.8, 4) is 5.88 Å². The zero-order valence-electron chi connectivity index (χ0n) is 10.1. The number of anilines is 1. The quantitative estimate of drug-likeness (QED) is 0.801. The van der Waals surface area contributed by atoms with Crippen LogP contribution in [0.4, 0.5) is 5.82 Å². The van der Waals surface area contributed by atoms with Crippen molar-refractivity contribution in [2.24, 2.45) is 0 Å². The minimum absolute atomic E-state index is 0.215. The summed E-state index contributed by atoms with van der Waals surface area (Å²) in [7, 11) is 1.63. The Morgan fingerprint density at radius 1 is 1.53 bits per heavy atom. The first-order valence-electron chi connectivity index (χ1n) is 5.70. The molecule has 5 heteroatoms. The molecule has 0 amide bonds. The summed E-state index contributed by atoms with van der Waals surface area (Å²) >= 11 is 3.47. The molecule has 2 heterocycles. The molecule has 2 atom stereocenters. The van der Waals surface area contributed by atoms with E-state index in [1.165, 1.54) is 0 Å². The van der Waals surface area contributed by atoms with E-state index < -0.39 is 0 Å². The van der Waals surface area contributed by atoms with Crippen molar-refractivity contribution < 1.29 is 9.47 Å². The number of rotatable bonds is 3. The lowest BCUT2D eigenvalue weighted by atomic mass is 10.2. The predicted octanol–water partition coefficient (Wildman–Crippen LogP) is 2.08. The van der Waals surface area contributed by atoms with Gasteiger partial charge in [0, 0.05) is 24.5 Å². The number of hydrogen-bond acceptors (Lipinski definition) is 4. The van der Waals surface area contributed by atoms with Crippen molar-refractivity contribution >= 4 is 21.7 Å². The number of aromatic nitrogens is 1. The summed E-state index contributed by atoms with van der Waals surface area (Å²) in [6.07, 6.45) is 0.436. The van der Waals surface area contributed by atoms with Gasteiger partial charge in [0.2, 0.25) is 5.88 Å². The summed E-state index contributed by atoms with van der Waals surface area (Å²) in [4.78, 5) is 6.69. The number of ether oxygens (including phenoxy) is 2. The summed E-state index contributed by atoms with van der Waals surface area (Å²) in [5.41, 5.74) is 0. The minimum Gasteiger partial charge on any atom is -0.481 e. The Hall–Kier alpha value is -0.810. The third-order valence-corrected chi connectivity index (χ3v) is 3.46. The summed E-state index contributed by atoms with van der Waals surface area (Å²) in [5.74, 6) is 1.60. The number of halogens is 1. The molecule has 0 aromatic carbocycles. The van der Waals surface area contributed by atoms with E-state index in [1.807, 2.05) is 18.2 Å². The smallest absolute Gasteiger partial charge is 0.214 e. The van der Waals surface area contributed by atoms with E-state index in [4.69, 9.17) is 9.47 Å². The molecular formula is C12H17BrN2O2. The summed E-state index contributed by atoms with van der Waals surface area (Å²) in [5, 5.41) is 0.845. The monoisotopic (exact) mass is 300 g/mol. The van der Waals surface area contributed by atoms with Crippen LogP contribution in [0, 0.1) is 0 Å². The third kappa shape index (κ3) is 3.10. The van der Waals surface area contributed by atoms with Gasteiger partial charge in [0.15, 0.2) is 0 Å². The van der Waals surface area contributed by atoms with Crippen molar-refractivity contribution in [2.45, 2.75) is 19.1 Å². The topological polar surface area (TPSA) is 34.6 Å². The number of alkyl halides is 1. The van der Waals surface area contributed by atoms with Gasteiger partial charge in [-0.3, -0.25) is 0 Å². The van der Waals surface area contributed by atoms with E-state index in [0.29, 0.717) is 5.88 Å². The van der Waals surface area contributed by atoms with E-state index in [2.05, 4.69) is 32.7 Å². The van der Waals surface area contributed by atoms with Gasteiger partial charge in [0.05, 0.1) is 19.3 Å². The molecule has 1 fully saturated rings. The van der Waals surface area contributed by atoms with Crippen LogP contribution in [0.2, 0.25) is 0 Å². The molecule has 1 aliphatic heterocycles. The molecule has 1 aromatic rings. The molecule has 2 unspecified atom stereocenters. The predicted molar refractivity (Wildman–Crippen MR) is 71.1 cm³/mol. The fraction of sp³-hybridized carbons (Fsp3) is 0.583. The molecule has 17 heavy (non-hydrogen) atoms. The van der Waals surface area contributed by atoms with Crippen LogP contribution in [0.15, 0.2) is 18.2 Å². The normalized spacial score (nSPS) is 24.8. The Kier molecular flexibility index (Phi) is 4.23. The van der Waals surface area contributed by atoms with Gasteiger partial charge < -0.3 is 14.4 Å². The lowest BCUT2D eigenvalue weighted by molar-refractivity contribution is -0.00225. The van der Waals surface area contributed by atoms with Gasteiger partial charge in [0.1, 0.15) is 5.82 Å². The zero-order chi connectivity index (χ0) is 12.3. The van der Waals surface area contributed by atoms with Crippen LogP contribution in [-0.4, -0.2) is 42.7 Å². The average Bonchev–Trinajstić information content (AvgIpc) is 2.38. The largest absolute Gasteiger partial charge is 0.481 e. The van der Waals surface area contributed by atoms with Crippen LogP contribution < -0.4 is 9.64 Å². The van der Waals surface area contributed by atoms with Gasteiger partial charge in [-0.05, 0) is 13.0 Å². The number of pyridine rings is 1. The SMILES string of the molecule is COc1cccc(N2CC(C)OC(CBr)C2)n1. The number of nitrogens with zero attached hydrogens (tertiary/aromatic N) is 2. The van der Waals surface area contributed by atoms with Crippen molar-refractivity contribution in [2.75, 3.05) is 30.4 Å². The molecule has 94 valence electrons. The second-order valence-electron chi connectivity index (χ2n) is 4.17. The standard InChI is InChI=1S/C12H17BrN2O2/c1-9-7-15(8-10(6-13)17-9)11-4-3-5-12(14-11)16-2/h3-5,9-10H,6-8H2,1-2H3. The molecule has 0 bridgehead atoms. The van der Waals surface area contributed by atoms with Gasteiger partial charge in [-0.1, -0.05) is 22.0 Å². The maximum absolute atomic E-state index is 5.80. The van der Waals surface area contributed by atoms with Crippen LogP contribution in [0.5, 0.6) is 5.88 Å². The molecule has 1 aromatic heterocycles. The molecule has 0 spiro atoms. The van der Waals surface area contributed by atoms with E-state index in [1.54, 1.807) is 7.11 Å². The highest BCUT2D eigenvalue weighted by atomic mass is 79.9. The first kappa shape index (κ1) is 12.6. The van der Waals surface area contributed by atoms with Crippen LogP contribution >= 0.6 is 15.9 Å². The van der Waals surface area contributed by atoms with Gasteiger partial charge in [-0.2, -0.15) is 4.98 Å². The number of morpholine rings is 1. The highest BCUT2D eigenvalue weighted by Gasteiger charge is 2.25. The van der Waals surface area contributed by atoms with Gasteiger partial charge in [-0.15, -0.1) is 0 Å². The first-order chi connectivity index (χ1) is 8.22. The zero-order valence-corrected chi connectivity index (χ0v) is 11.7. The molecule has 0 saturated carbocycles. The number of hydrogen-bond donors (Lipinski definition) is 0. The Bertz CT molecular complexity index is 375. The van der Waals surface area contributed by atoms with Gasteiger partial charge in [0.25, 0.3) is 0 Å². The van der Waals surface area contributed by atoms with Crippen molar-refractivity contribution in [3.05, 3.63) is 18.2 Å². The Labute approximate surface area is 110 Å². The third-order valence-electron chi connectivity index (χ3n) is 2.74. The minimum atomic E-state index is 0.215. The molecule has 2 rings (SSSR count). The molecule has 0 N–H and O–H groups in total. The fourth-order valence-corrected chi connectivity index (χ4v) is 2.37. The molecule has 1 aliphatic rings. The highest BCUT2D eigenvalue weighted by Crippen LogP contribution is 2.21. The van der Waals surface area contributed by atoms with Crippen LogP contribution in [0.1, 0.15) is 6.92 Å².